The third kappa shape index (κ3) is 6.59. The monoisotopic (exact) mass is 456 g/mol. The minimum Gasteiger partial charge on any atom is -0.497 e. The molecule has 0 radical (unpaired) electrons. The molecule has 1 amide bonds. The summed E-state index contributed by atoms with van der Waals surface area (Å²) in [4.78, 5) is 21.7. The zero-order valence-corrected chi connectivity index (χ0v) is 20.0. The minimum absolute atomic E-state index is 0.0215. The number of thioether (sulfide) groups is 1. The molecule has 0 saturated heterocycles. The number of anilines is 1. The van der Waals surface area contributed by atoms with Gasteiger partial charge in [0.1, 0.15) is 11.6 Å². The van der Waals surface area contributed by atoms with Crippen LogP contribution in [-0.4, -0.2) is 51.1 Å². The second-order valence-corrected chi connectivity index (χ2v) is 8.87. The number of carbonyl (C=O) groups is 1. The van der Waals surface area contributed by atoms with Crippen molar-refractivity contribution in [2.45, 2.75) is 57.8 Å². The molecule has 8 nitrogen and oxygen atoms in total. The molecule has 0 unspecified atom stereocenters. The van der Waals surface area contributed by atoms with E-state index in [1.54, 1.807) is 25.1 Å². The Kier molecular flexibility index (Phi) is 8.72. The molecule has 2 N–H and O–H groups in total. The third-order valence-electron chi connectivity index (χ3n) is 4.78. The second-order valence-electron chi connectivity index (χ2n) is 7.81. The molecule has 2 heterocycles. The van der Waals surface area contributed by atoms with Crippen LogP contribution in [0.4, 0.5) is 5.82 Å². The summed E-state index contributed by atoms with van der Waals surface area (Å²) >= 11 is 1.64. The number of hydrogen-bond donors (Lipinski definition) is 2. The van der Waals surface area contributed by atoms with Gasteiger partial charge in [0.2, 0.25) is 5.91 Å². The number of benzene rings is 1. The van der Waals surface area contributed by atoms with Crippen LogP contribution in [0.5, 0.6) is 5.75 Å². The Morgan fingerprint density at radius 1 is 1.22 bits per heavy atom. The fourth-order valence-corrected chi connectivity index (χ4v) is 3.87. The van der Waals surface area contributed by atoms with E-state index in [-0.39, 0.29) is 11.9 Å². The number of hydrogen-bond acceptors (Lipinski definition) is 7. The minimum atomic E-state index is 0.0215. The van der Waals surface area contributed by atoms with Crippen molar-refractivity contribution in [2.24, 2.45) is 0 Å². The highest BCUT2D eigenvalue weighted by molar-refractivity contribution is 7.99. The summed E-state index contributed by atoms with van der Waals surface area (Å²) < 4.78 is 7.00. The fourth-order valence-electron chi connectivity index (χ4n) is 3.18. The van der Waals surface area contributed by atoms with Gasteiger partial charge >= 0.3 is 0 Å². The van der Waals surface area contributed by atoms with E-state index in [0.717, 1.165) is 45.5 Å². The van der Waals surface area contributed by atoms with E-state index >= 15 is 0 Å². The van der Waals surface area contributed by atoms with Gasteiger partial charge in [-0.05, 0) is 44.4 Å². The molecule has 0 atom stereocenters. The van der Waals surface area contributed by atoms with Crippen molar-refractivity contribution in [1.82, 2.24) is 25.1 Å². The van der Waals surface area contributed by atoms with E-state index in [2.05, 4.69) is 41.5 Å². The SMILES string of the molecule is CCCSc1nc(NC(C)C)c2cnn(CCNC(=O)CCc3ccc(OC)cc3)c2n1. The smallest absolute Gasteiger partial charge is 0.220 e. The summed E-state index contributed by atoms with van der Waals surface area (Å²) in [5.74, 6) is 2.61. The summed E-state index contributed by atoms with van der Waals surface area (Å²) in [6.45, 7) is 7.35. The van der Waals surface area contributed by atoms with Crippen molar-refractivity contribution in [3.63, 3.8) is 0 Å². The molecule has 0 aliphatic rings. The van der Waals surface area contributed by atoms with Crippen molar-refractivity contribution in [3.8, 4) is 5.75 Å². The molecular formula is C23H32N6O2S. The molecule has 0 saturated carbocycles. The highest BCUT2D eigenvalue weighted by Crippen LogP contribution is 2.25. The quantitative estimate of drug-likeness (QED) is 0.315. The number of methoxy groups -OCH3 is 1. The Morgan fingerprint density at radius 2 is 2.00 bits per heavy atom. The van der Waals surface area contributed by atoms with E-state index in [4.69, 9.17) is 9.72 Å². The molecule has 0 aliphatic carbocycles. The number of carbonyl (C=O) groups excluding carboxylic acids is 1. The van der Waals surface area contributed by atoms with Crippen molar-refractivity contribution in [1.29, 1.82) is 0 Å². The first-order chi connectivity index (χ1) is 15.5. The Balaban J connectivity index is 1.59. The van der Waals surface area contributed by atoms with Gasteiger partial charge in [0.25, 0.3) is 0 Å². The lowest BCUT2D eigenvalue weighted by atomic mass is 10.1. The molecule has 3 aromatic rings. The van der Waals surface area contributed by atoms with E-state index < -0.39 is 0 Å². The molecule has 0 spiro atoms. The van der Waals surface area contributed by atoms with Gasteiger partial charge in [-0.1, -0.05) is 30.8 Å². The number of aryl methyl sites for hydroxylation is 1. The maximum Gasteiger partial charge on any atom is 0.220 e. The molecule has 2 aromatic heterocycles. The molecule has 0 aliphatic heterocycles. The van der Waals surface area contributed by atoms with Crippen molar-refractivity contribution in [3.05, 3.63) is 36.0 Å². The standard InChI is InChI=1S/C23H32N6O2S/c1-5-14-32-23-27-21(26-16(2)3)19-15-25-29(22(19)28-23)13-12-24-20(30)11-8-17-6-9-18(31-4)10-7-17/h6-7,9-10,15-16H,5,8,11-14H2,1-4H3,(H,24,30)(H,26,27,28). The number of amides is 1. The van der Waals surface area contributed by atoms with Gasteiger partial charge in [-0.25, -0.2) is 14.6 Å². The van der Waals surface area contributed by atoms with E-state index in [1.165, 1.54) is 0 Å². The van der Waals surface area contributed by atoms with Crippen LogP contribution in [0.3, 0.4) is 0 Å². The molecule has 1 aromatic carbocycles. The first-order valence-corrected chi connectivity index (χ1v) is 12.0. The fraction of sp³-hybridized carbons (Fsp3) is 0.478. The number of nitrogens with zero attached hydrogens (tertiary/aromatic N) is 4. The van der Waals surface area contributed by atoms with Crippen LogP contribution in [0, 0.1) is 0 Å². The van der Waals surface area contributed by atoms with Crippen LogP contribution in [0.1, 0.15) is 39.2 Å². The summed E-state index contributed by atoms with van der Waals surface area (Å²) in [5.41, 5.74) is 1.90. The summed E-state index contributed by atoms with van der Waals surface area (Å²) in [6.07, 6.45) is 3.98. The van der Waals surface area contributed by atoms with Crippen LogP contribution < -0.4 is 15.4 Å². The first-order valence-electron chi connectivity index (χ1n) is 11.0. The first kappa shape index (κ1) is 23.8. The normalized spacial score (nSPS) is 11.2. The highest BCUT2D eigenvalue weighted by Gasteiger charge is 2.14. The Morgan fingerprint density at radius 3 is 2.69 bits per heavy atom. The molecule has 172 valence electrons. The molecule has 0 fully saturated rings. The van der Waals surface area contributed by atoms with Gasteiger partial charge in [0.15, 0.2) is 10.8 Å². The summed E-state index contributed by atoms with van der Waals surface area (Å²) in [5, 5.41) is 12.5. The molecule has 9 heteroatoms. The predicted octanol–water partition coefficient (Wildman–Crippen LogP) is 3.91. The lowest BCUT2D eigenvalue weighted by Gasteiger charge is -2.12. The lowest BCUT2D eigenvalue weighted by molar-refractivity contribution is -0.121. The zero-order valence-electron chi connectivity index (χ0n) is 19.2. The second kappa shape index (κ2) is 11.7. The van der Waals surface area contributed by atoms with Crippen molar-refractivity contribution < 1.29 is 9.53 Å². The molecular weight excluding hydrogens is 424 g/mol. The number of nitrogens with one attached hydrogen (secondary N) is 2. The van der Waals surface area contributed by atoms with E-state index in [9.17, 15) is 4.79 Å². The maximum atomic E-state index is 12.3. The topological polar surface area (TPSA) is 94.0 Å². The lowest BCUT2D eigenvalue weighted by Crippen LogP contribution is -2.27. The van der Waals surface area contributed by atoms with Gasteiger partial charge in [-0.3, -0.25) is 4.79 Å². The highest BCUT2D eigenvalue weighted by atomic mass is 32.2. The van der Waals surface area contributed by atoms with Gasteiger partial charge in [0, 0.05) is 24.8 Å². The Labute approximate surface area is 193 Å². The van der Waals surface area contributed by atoms with Crippen LogP contribution in [0.25, 0.3) is 11.0 Å². The van der Waals surface area contributed by atoms with Crippen LogP contribution in [0.2, 0.25) is 0 Å². The number of aromatic nitrogens is 4. The molecule has 3 rings (SSSR count). The van der Waals surface area contributed by atoms with Gasteiger partial charge in [-0.15, -0.1) is 0 Å². The average Bonchev–Trinajstić information content (AvgIpc) is 3.19. The predicted molar refractivity (Wildman–Crippen MR) is 129 cm³/mol. The summed E-state index contributed by atoms with van der Waals surface area (Å²) in [7, 11) is 1.64. The van der Waals surface area contributed by atoms with E-state index in [1.807, 2.05) is 28.9 Å². The zero-order chi connectivity index (χ0) is 22.9. The number of rotatable bonds is 12. The maximum absolute atomic E-state index is 12.3. The molecule has 0 bridgehead atoms. The Hall–Kier alpha value is -2.81. The summed E-state index contributed by atoms with van der Waals surface area (Å²) in [6, 6.07) is 8.04. The van der Waals surface area contributed by atoms with Gasteiger partial charge < -0.3 is 15.4 Å². The molecule has 32 heavy (non-hydrogen) atoms. The van der Waals surface area contributed by atoms with Crippen LogP contribution >= 0.6 is 11.8 Å². The van der Waals surface area contributed by atoms with Crippen LogP contribution in [0.15, 0.2) is 35.6 Å². The average molecular weight is 457 g/mol. The van der Waals surface area contributed by atoms with Gasteiger partial charge in [-0.2, -0.15) is 5.10 Å². The number of ether oxygens (including phenoxy) is 1. The van der Waals surface area contributed by atoms with Crippen LogP contribution in [-0.2, 0) is 17.8 Å². The van der Waals surface area contributed by atoms with E-state index in [0.29, 0.717) is 25.9 Å². The van der Waals surface area contributed by atoms with Gasteiger partial charge in [0.05, 0.1) is 25.2 Å². The largest absolute Gasteiger partial charge is 0.497 e. The number of fused-ring (bicyclic) bond motifs is 1. The van der Waals surface area contributed by atoms with Crippen molar-refractivity contribution >= 4 is 34.5 Å². The Bertz CT molecular complexity index is 1020. The van der Waals surface area contributed by atoms with Crippen molar-refractivity contribution in [2.75, 3.05) is 24.7 Å². The third-order valence-corrected chi connectivity index (χ3v) is 5.84.